The Morgan fingerprint density at radius 3 is 3.00 bits per heavy atom. The number of hydrogen-bond donors (Lipinski definition) is 2. The SMILES string of the molecule is O=C(NO[C@@H]1CCCCO1)c1cc(=O)[nH]c2ccccc12. The smallest absolute Gasteiger partial charge is 0.275 e. The van der Waals surface area contributed by atoms with Crippen LogP contribution in [0.3, 0.4) is 0 Å². The van der Waals surface area contributed by atoms with E-state index in [1.165, 1.54) is 6.07 Å². The third-order valence-corrected chi connectivity index (χ3v) is 3.42. The van der Waals surface area contributed by atoms with E-state index < -0.39 is 12.2 Å². The van der Waals surface area contributed by atoms with Crippen molar-refractivity contribution in [1.29, 1.82) is 0 Å². The number of carbonyl (C=O) groups is 1. The van der Waals surface area contributed by atoms with Crippen molar-refractivity contribution in [2.75, 3.05) is 6.61 Å². The van der Waals surface area contributed by atoms with Gasteiger partial charge in [0.15, 0.2) is 6.29 Å². The predicted molar refractivity (Wildman–Crippen MR) is 76.7 cm³/mol. The first-order valence-corrected chi connectivity index (χ1v) is 6.94. The van der Waals surface area contributed by atoms with E-state index in [1.54, 1.807) is 18.2 Å². The number of aromatic amines is 1. The molecule has 1 atom stereocenters. The number of fused-ring (bicyclic) bond motifs is 1. The van der Waals surface area contributed by atoms with Crippen molar-refractivity contribution >= 4 is 16.8 Å². The van der Waals surface area contributed by atoms with Crippen LogP contribution < -0.4 is 11.0 Å². The maximum Gasteiger partial charge on any atom is 0.275 e. The number of nitrogens with one attached hydrogen (secondary N) is 2. The van der Waals surface area contributed by atoms with Crippen LogP contribution in [-0.4, -0.2) is 23.8 Å². The molecular formula is C15H16N2O4. The van der Waals surface area contributed by atoms with E-state index in [2.05, 4.69) is 10.5 Å². The van der Waals surface area contributed by atoms with Crippen molar-refractivity contribution < 1.29 is 14.4 Å². The minimum absolute atomic E-state index is 0.283. The number of ether oxygens (including phenoxy) is 1. The summed E-state index contributed by atoms with van der Waals surface area (Å²) in [6, 6.07) is 8.40. The molecule has 3 rings (SSSR count). The van der Waals surface area contributed by atoms with Crippen molar-refractivity contribution in [2.24, 2.45) is 0 Å². The summed E-state index contributed by atoms with van der Waals surface area (Å²) in [6.07, 6.45) is 2.34. The minimum atomic E-state index is -0.452. The van der Waals surface area contributed by atoms with Gasteiger partial charge < -0.3 is 9.72 Å². The quantitative estimate of drug-likeness (QED) is 0.843. The molecule has 1 saturated heterocycles. The third-order valence-electron chi connectivity index (χ3n) is 3.42. The highest BCUT2D eigenvalue weighted by molar-refractivity contribution is 6.05. The number of para-hydroxylation sites is 1. The highest BCUT2D eigenvalue weighted by Gasteiger charge is 2.17. The molecule has 1 fully saturated rings. The van der Waals surface area contributed by atoms with Gasteiger partial charge in [0, 0.05) is 30.0 Å². The van der Waals surface area contributed by atoms with Crippen LogP contribution in [0.2, 0.25) is 0 Å². The lowest BCUT2D eigenvalue weighted by atomic mass is 10.1. The summed E-state index contributed by atoms with van der Waals surface area (Å²) < 4.78 is 5.37. The first kappa shape index (κ1) is 13.8. The highest BCUT2D eigenvalue weighted by Crippen LogP contribution is 2.16. The van der Waals surface area contributed by atoms with Gasteiger partial charge in [-0.25, -0.2) is 10.3 Å². The fourth-order valence-corrected chi connectivity index (χ4v) is 2.37. The molecule has 6 nitrogen and oxygen atoms in total. The Morgan fingerprint density at radius 2 is 2.19 bits per heavy atom. The summed E-state index contributed by atoms with van der Waals surface area (Å²) in [7, 11) is 0. The summed E-state index contributed by atoms with van der Waals surface area (Å²) >= 11 is 0. The topological polar surface area (TPSA) is 80.4 Å². The van der Waals surface area contributed by atoms with Gasteiger partial charge in [-0.3, -0.25) is 9.59 Å². The van der Waals surface area contributed by atoms with Crippen molar-refractivity contribution in [3.05, 3.63) is 46.2 Å². The molecule has 2 heterocycles. The molecular weight excluding hydrogens is 272 g/mol. The van der Waals surface area contributed by atoms with Gasteiger partial charge in [-0.2, -0.15) is 0 Å². The number of carbonyl (C=O) groups excluding carboxylic acids is 1. The van der Waals surface area contributed by atoms with Gasteiger partial charge >= 0.3 is 0 Å². The van der Waals surface area contributed by atoms with E-state index >= 15 is 0 Å². The van der Waals surface area contributed by atoms with Gasteiger partial charge in [-0.15, -0.1) is 0 Å². The summed E-state index contributed by atoms with van der Waals surface area (Å²) in [4.78, 5) is 31.8. The van der Waals surface area contributed by atoms with E-state index in [0.717, 1.165) is 19.3 Å². The summed E-state index contributed by atoms with van der Waals surface area (Å²) in [5, 5.41) is 0.669. The molecule has 1 aliphatic rings. The van der Waals surface area contributed by atoms with Crippen molar-refractivity contribution in [1.82, 2.24) is 10.5 Å². The van der Waals surface area contributed by atoms with Crippen LogP contribution in [-0.2, 0) is 9.57 Å². The lowest BCUT2D eigenvalue weighted by Crippen LogP contribution is -2.33. The summed E-state index contributed by atoms with van der Waals surface area (Å²) in [6.45, 7) is 0.633. The molecule has 21 heavy (non-hydrogen) atoms. The number of pyridine rings is 1. The highest BCUT2D eigenvalue weighted by atomic mass is 16.8. The lowest BCUT2D eigenvalue weighted by molar-refractivity contribution is -0.186. The molecule has 1 amide bonds. The molecule has 1 aromatic heterocycles. The van der Waals surface area contributed by atoms with Crippen molar-refractivity contribution in [3.8, 4) is 0 Å². The second-order valence-electron chi connectivity index (χ2n) is 4.94. The average molecular weight is 288 g/mol. The van der Waals surface area contributed by atoms with E-state index in [9.17, 15) is 9.59 Å². The number of H-pyrrole nitrogens is 1. The number of hydroxylamine groups is 1. The molecule has 0 bridgehead atoms. The molecule has 1 aliphatic heterocycles. The second-order valence-corrected chi connectivity index (χ2v) is 4.94. The zero-order chi connectivity index (χ0) is 14.7. The van der Waals surface area contributed by atoms with Crippen LogP contribution in [0.1, 0.15) is 29.6 Å². The van der Waals surface area contributed by atoms with E-state index in [0.29, 0.717) is 17.5 Å². The molecule has 6 heteroatoms. The Hall–Kier alpha value is -2.18. The molecule has 0 aliphatic carbocycles. The van der Waals surface area contributed by atoms with Crippen LogP contribution in [0.4, 0.5) is 0 Å². The normalized spacial score (nSPS) is 18.6. The van der Waals surface area contributed by atoms with Gasteiger partial charge in [0.25, 0.3) is 5.91 Å². The summed E-state index contributed by atoms with van der Waals surface area (Å²) in [5.41, 5.74) is 2.94. The van der Waals surface area contributed by atoms with Gasteiger partial charge in [0.2, 0.25) is 5.56 Å². The van der Waals surface area contributed by atoms with Crippen LogP contribution in [0, 0.1) is 0 Å². The molecule has 2 aromatic rings. The van der Waals surface area contributed by atoms with E-state index in [1.807, 2.05) is 6.07 Å². The van der Waals surface area contributed by atoms with Gasteiger partial charge in [-0.05, 0) is 18.9 Å². The zero-order valence-corrected chi connectivity index (χ0v) is 11.4. The molecule has 1 aromatic carbocycles. The number of aromatic nitrogens is 1. The van der Waals surface area contributed by atoms with Crippen molar-refractivity contribution in [3.63, 3.8) is 0 Å². The van der Waals surface area contributed by atoms with E-state index in [4.69, 9.17) is 9.57 Å². The Kier molecular flexibility index (Phi) is 3.98. The number of rotatable bonds is 3. The largest absolute Gasteiger partial charge is 0.350 e. The zero-order valence-electron chi connectivity index (χ0n) is 11.4. The second kappa shape index (κ2) is 6.07. The van der Waals surface area contributed by atoms with Crippen LogP contribution in [0.15, 0.2) is 35.1 Å². The maximum atomic E-state index is 12.2. The molecule has 0 radical (unpaired) electrons. The summed E-state index contributed by atoms with van der Waals surface area (Å²) in [5.74, 6) is -0.452. The van der Waals surface area contributed by atoms with Crippen LogP contribution in [0.5, 0.6) is 0 Å². The monoisotopic (exact) mass is 288 g/mol. The Bertz CT molecular complexity index is 704. The first-order valence-electron chi connectivity index (χ1n) is 6.94. The number of hydrogen-bond acceptors (Lipinski definition) is 4. The van der Waals surface area contributed by atoms with Gasteiger partial charge in [0.05, 0.1) is 5.56 Å². The fourth-order valence-electron chi connectivity index (χ4n) is 2.37. The predicted octanol–water partition coefficient (Wildman–Crippen LogP) is 1.72. The molecule has 0 spiro atoms. The maximum absolute atomic E-state index is 12.2. The Morgan fingerprint density at radius 1 is 1.33 bits per heavy atom. The molecule has 0 unspecified atom stereocenters. The molecule has 2 N–H and O–H groups in total. The number of benzene rings is 1. The standard InChI is InChI=1S/C15H16N2O4/c18-13-9-11(10-5-1-2-6-12(10)16-13)15(19)17-21-14-7-3-4-8-20-14/h1-2,5-6,9,14H,3-4,7-8H2,(H,16,18)(H,17,19)/t14-/m1/s1. The van der Waals surface area contributed by atoms with Gasteiger partial charge in [-0.1, -0.05) is 18.2 Å². The van der Waals surface area contributed by atoms with Crippen LogP contribution >= 0.6 is 0 Å². The van der Waals surface area contributed by atoms with Crippen LogP contribution in [0.25, 0.3) is 10.9 Å². The molecule has 0 saturated carbocycles. The van der Waals surface area contributed by atoms with Crippen molar-refractivity contribution in [2.45, 2.75) is 25.6 Å². The molecule has 110 valence electrons. The lowest BCUT2D eigenvalue weighted by Gasteiger charge is -2.22. The average Bonchev–Trinajstić information content (AvgIpc) is 2.52. The first-order chi connectivity index (χ1) is 10.2. The minimum Gasteiger partial charge on any atom is -0.350 e. The Balaban J connectivity index is 1.79. The Labute approximate surface area is 121 Å². The van der Waals surface area contributed by atoms with E-state index in [-0.39, 0.29) is 11.1 Å². The third kappa shape index (κ3) is 3.12. The number of amides is 1. The fraction of sp³-hybridized carbons (Fsp3) is 0.333. The van der Waals surface area contributed by atoms with Gasteiger partial charge in [0.1, 0.15) is 0 Å².